The molecule has 0 aliphatic heterocycles. The molecule has 0 spiro atoms. The van der Waals surface area contributed by atoms with E-state index >= 15 is 0 Å². The first-order valence-electron chi connectivity index (χ1n) is 8.64. The van der Waals surface area contributed by atoms with Crippen LogP contribution in [0.4, 0.5) is 4.39 Å². The van der Waals surface area contributed by atoms with Crippen LogP contribution in [0.25, 0.3) is 27.8 Å². The summed E-state index contributed by atoms with van der Waals surface area (Å²) in [4.78, 5) is 25.4. The second-order valence-corrected chi connectivity index (χ2v) is 6.52. The lowest BCUT2D eigenvalue weighted by Crippen LogP contribution is -2.36. The maximum atomic E-state index is 13.5. The minimum atomic E-state index is -0.411. The first kappa shape index (κ1) is 17.8. The van der Waals surface area contributed by atoms with Crippen LogP contribution in [-0.2, 0) is 14.1 Å². The van der Waals surface area contributed by atoms with Gasteiger partial charge in [0.05, 0.1) is 23.7 Å². The summed E-state index contributed by atoms with van der Waals surface area (Å²) >= 11 is 0. The van der Waals surface area contributed by atoms with Crippen LogP contribution in [0.15, 0.2) is 64.3 Å². The van der Waals surface area contributed by atoms with Gasteiger partial charge in [0.2, 0.25) is 0 Å². The second-order valence-electron chi connectivity index (χ2n) is 6.52. The molecule has 7 heteroatoms. The van der Waals surface area contributed by atoms with Gasteiger partial charge in [0, 0.05) is 32.0 Å². The van der Waals surface area contributed by atoms with E-state index in [1.165, 1.54) is 23.7 Å². The number of hydrogen-bond acceptors (Lipinski definition) is 3. The molecule has 0 amide bonds. The van der Waals surface area contributed by atoms with Crippen molar-refractivity contribution < 1.29 is 9.13 Å². The van der Waals surface area contributed by atoms with Crippen molar-refractivity contribution in [1.82, 2.24) is 13.7 Å². The van der Waals surface area contributed by atoms with Gasteiger partial charge in [0.25, 0.3) is 5.56 Å². The van der Waals surface area contributed by atoms with E-state index in [4.69, 9.17) is 4.74 Å². The Kier molecular flexibility index (Phi) is 4.15. The first-order chi connectivity index (χ1) is 13.4. The van der Waals surface area contributed by atoms with Gasteiger partial charge in [-0.15, -0.1) is 0 Å². The van der Waals surface area contributed by atoms with Crippen LogP contribution >= 0.6 is 0 Å². The molecule has 28 heavy (non-hydrogen) atoms. The highest BCUT2D eigenvalue weighted by atomic mass is 19.1. The van der Waals surface area contributed by atoms with Gasteiger partial charge in [-0.2, -0.15) is 0 Å². The molecule has 0 atom stereocenters. The SMILES string of the molecule is COc1cccc(-n2cc3c(c2-c2ccc(F)cc2)c(=O)n(C)c(=O)n3C)c1. The number of halogens is 1. The van der Waals surface area contributed by atoms with Gasteiger partial charge in [0.15, 0.2) is 0 Å². The summed E-state index contributed by atoms with van der Waals surface area (Å²) in [5, 5.41) is 0.388. The van der Waals surface area contributed by atoms with Gasteiger partial charge in [-0.1, -0.05) is 6.07 Å². The van der Waals surface area contributed by atoms with Crippen molar-refractivity contribution >= 4 is 10.9 Å². The molecule has 0 radical (unpaired) electrons. The number of methoxy groups -OCH3 is 1. The van der Waals surface area contributed by atoms with Crippen molar-refractivity contribution in [2.75, 3.05) is 7.11 Å². The zero-order valence-electron chi connectivity index (χ0n) is 15.6. The number of aromatic nitrogens is 3. The summed E-state index contributed by atoms with van der Waals surface area (Å²) in [7, 11) is 4.64. The average molecular weight is 379 g/mol. The molecule has 0 unspecified atom stereocenters. The molecule has 2 heterocycles. The summed E-state index contributed by atoms with van der Waals surface area (Å²) in [5.41, 5.74) is 1.68. The van der Waals surface area contributed by atoms with Gasteiger partial charge in [0.1, 0.15) is 11.6 Å². The second kappa shape index (κ2) is 6.53. The normalized spacial score (nSPS) is 11.1. The van der Waals surface area contributed by atoms with Crippen LogP contribution in [0, 0.1) is 5.82 Å². The number of ether oxygens (including phenoxy) is 1. The van der Waals surface area contributed by atoms with Crippen LogP contribution in [0.1, 0.15) is 0 Å². The first-order valence-corrected chi connectivity index (χ1v) is 8.64. The molecule has 0 fully saturated rings. The topological polar surface area (TPSA) is 58.2 Å². The molecule has 6 nitrogen and oxygen atoms in total. The Morgan fingerprint density at radius 1 is 0.964 bits per heavy atom. The molecule has 2 aromatic carbocycles. The third kappa shape index (κ3) is 2.63. The fourth-order valence-corrected chi connectivity index (χ4v) is 3.40. The van der Waals surface area contributed by atoms with Gasteiger partial charge in [-0.3, -0.25) is 13.9 Å². The Morgan fingerprint density at radius 2 is 1.68 bits per heavy atom. The third-order valence-corrected chi connectivity index (χ3v) is 4.89. The third-order valence-electron chi connectivity index (χ3n) is 4.89. The Balaban J connectivity index is 2.18. The standard InChI is InChI=1S/C21H18FN3O3/c1-23-17-12-25(15-5-4-6-16(11-15)28-3)19(13-7-9-14(22)10-8-13)18(17)20(26)24(2)21(23)27/h4-12H,1-3H3. The van der Waals surface area contributed by atoms with Gasteiger partial charge in [-0.05, 0) is 42.0 Å². The van der Waals surface area contributed by atoms with Crippen molar-refractivity contribution in [2.24, 2.45) is 14.1 Å². The number of benzene rings is 2. The molecule has 0 aliphatic carbocycles. The Bertz CT molecular complexity index is 1310. The van der Waals surface area contributed by atoms with Crippen LogP contribution < -0.4 is 16.0 Å². The summed E-state index contributed by atoms with van der Waals surface area (Å²) in [6, 6.07) is 13.3. The molecule has 0 aliphatic rings. The van der Waals surface area contributed by atoms with E-state index in [0.29, 0.717) is 27.9 Å². The molecule has 4 rings (SSSR count). The lowest BCUT2D eigenvalue weighted by atomic mass is 10.1. The van der Waals surface area contributed by atoms with Crippen molar-refractivity contribution in [2.45, 2.75) is 0 Å². The van der Waals surface area contributed by atoms with Crippen molar-refractivity contribution in [1.29, 1.82) is 0 Å². The minimum Gasteiger partial charge on any atom is -0.497 e. The predicted molar refractivity (Wildman–Crippen MR) is 106 cm³/mol. The predicted octanol–water partition coefficient (Wildman–Crippen LogP) is 2.84. The van der Waals surface area contributed by atoms with Crippen LogP contribution in [0.5, 0.6) is 5.75 Å². The summed E-state index contributed by atoms with van der Waals surface area (Å²) in [5.74, 6) is 0.287. The highest BCUT2D eigenvalue weighted by molar-refractivity contribution is 5.94. The zero-order valence-corrected chi connectivity index (χ0v) is 15.6. The summed E-state index contributed by atoms with van der Waals surface area (Å²) in [6.07, 6.45) is 1.74. The van der Waals surface area contributed by atoms with E-state index in [0.717, 1.165) is 10.3 Å². The van der Waals surface area contributed by atoms with Crippen LogP contribution in [-0.4, -0.2) is 20.8 Å². The smallest absolute Gasteiger partial charge is 0.330 e. The van der Waals surface area contributed by atoms with Crippen molar-refractivity contribution in [3.8, 4) is 22.7 Å². The van der Waals surface area contributed by atoms with Gasteiger partial charge >= 0.3 is 5.69 Å². The fourth-order valence-electron chi connectivity index (χ4n) is 3.40. The van der Waals surface area contributed by atoms with Gasteiger partial charge < -0.3 is 9.30 Å². The monoisotopic (exact) mass is 379 g/mol. The number of hydrogen-bond donors (Lipinski definition) is 0. The van der Waals surface area contributed by atoms with E-state index in [-0.39, 0.29) is 5.82 Å². The quantitative estimate of drug-likeness (QED) is 0.550. The number of rotatable bonds is 3. The number of aryl methyl sites for hydroxylation is 1. The fraction of sp³-hybridized carbons (Fsp3) is 0.143. The van der Waals surface area contributed by atoms with E-state index in [9.17, 15) is 14.0 Å². The Morgan fingerprint density at radius 3 is 2.36 bits per heavy atom. The van der Waals surface area contributed by atoms with Crippen molar-refractivity contribution in [3.63, 3.8) is 0 Å². The van der Waals surface area contributed by atoms with E-state index in [1.807, 2.05) is 28.8 Å². The average Bonchev–Trinajstić information content (AvgIpc) is 3.12. The van der Waals surface area contributed by atoms with Crippen molar-refractivity contribution in [3.05, 3.63) is 81.4 Å². The molecule has 0 N–H and O–H groups in total. The zero-order chi connectivity index (χ0) is 20.0. The molecule has 2 aromatic heterocycles. The maximum Gasteiger partial charge on any atom is 0.330 e. The molecule has 0 saturated carbocycles. The molecule has 142 valence electrons. The molecule has 0 bridgehead atoms. The van der Waals surface area contributed by atoms with Gasteiger partial charge in [-0.25, -0.2) is 9.18 Å². The Labute approximate surface area is 159 Å². The highest BCUT2D eigenvalue weighted by Crippen LogP contribution is 2.31. The largest absolute Gasteiger partial charge is 0.497 e. The van der Waals surface area contributed by atoms with E-state index in [1.54, 1.807) is 32.5 Å². The Hall–Kier alpha value is -3.61. The van der Waals surface area contributed by atoms with Crippen LogP contribution in [0.2, 0.25) is 0 Å². The maximum absolute atomic E-state index is 13.5. The number of nitrogens with zero attached hydrogens (tertiary/aromatic N) is 3. The van der Waals surface area contributed by atoms with E-state index < -0.39 is 11.2 Å². The van der Waals surface area contributed by atoms with Crippen LogP contribution in [0.3, 0.4) is 0 Å². The molecular formula is C21H18FN3O3. The lowest BCUT2D eigenvalue weighted by molar-refractivity contribution is 0.414. The van der Waals surface area contributed by atoms with E-state index in [2.05, 4.69) is 0 Å². The minimum absolute atomic E-state index is 0.368. The number of fused-ring (bicyclic) bond motifs is 1. The summed E-state index contributed by atoms with van der Waals surface area (Å²) in [6.45, 7) is 0. The molecule has 4 aromatic rings. The molecular weight excluding hydrogens is 361 g/mol. The summed E-state index contributed by atoms with van der Waals surface area (Å²) < 4.78 is 23.1. The molecule has 0 saturated heterocycles. The highest BCUT2D eigenvalue weighted by Gasteiger charge is 2.20. The lowest BCUT2D eigenvalue weighted by Gasteiger charge is -2.11.